The topological polar surface area (TPSA) is 63.7 Å². The Morgan fingerprint density at radius 1 is 1.27 bits per heavy atom. The van der Waals surface area contributed by atoms with E-state index in [4.69, 9.17) is 16.3 Å². The van der Waals surface area contributed by atoms with Gasteiger partial charge in [0.05, 0.1) is 18.3 Å². The highest BCUT2D eigenvalue weighted by atomic mass is 35.5. The Morgan fingerprint density at radius 2 is 2.15 bits per heavy atom. The summed E-state index contributed by atoms with van der Waals surface area (Å²) in [4.78, 5) is 16.8. The molecule has 4 aromatic heterocycles. The number of thiazole rings is 1. The molecule has 0 unspecified atom stereocenters. The van der Waals surface area contributed by atoms with E-state index in [0.29, 0.717) is 29.4 Å². The van der Waals surface area contributed by atoms with Gasteiger partial charge >= 0.3 is 0 Å². The van der Waals surface area contributed by atoms with E-state index in [0.717, 1.165) is 32.7 Å². The van der Waals surface area contributed by atoms with Gasteiger partial charge in [-0.05, 0) is 23.8 Å². The van der Waals surface area contributed by atoms with Crippen LogP contribution in [0.5, 0.6) is 5.88 Å². The van der Waals surface area contributed by atoms with Crippen LogP contribution in [-0.2, 0) is 12.8 Å². The predicted octanol–water partition coefficient (Wildman–Crippen LogP) is 4.40. The third-order valence-electron chi connectivity index (χ3n) is 4.01. The summed E-state index contributed by atoms with van der Waals surface area (Å²) in [6.07, 6.45) is 5.88. The quantitative estimate of drug-likeness (QED) is 0.550. The van der Waals surface area contributed by atoms with E-state index in [1.807, 2.05) is 18.3 Å². The minimum atomic E-state index is -0.407. The zero-order valence-corrected chi connectivity index (χ0v) is 15.4. The molecular weight excluding hydrogens is 375 g/mol. The number of pyridine rings is 2. The van der Waals surface area contributed by atoms with Crippen molar-refractivity contribution in [3.05, 3.63) is 68.8 Å². The standard InChI is InChI=1S/C18H14ClFN4OS/c1-25-18-10(5-12(20)9-23-18)7-15-24-16(19)14(26-15)6-11-8-22-17-13(11)3-2-4-21-17/h2-5,8-9H,6-7H2,1H3,(H,21,22). The lowest BCUT2D eigenvalue weighted by Gasteiger charge is -2.05. The molecule has 0 bridgehead atoms. The molecule has 132 valence electrons. The van der Waals surface area contributed by atoms with Gasteiger partial charge in [0, 0.05) is 41.1 Å². The van der Waals surface area contributed by atoms with Crippen molar-refractivity contribution in [3.63, 3.8) is 0 Å². The number of rotatable bonds is 5. The number of hydrogen-bond acceptors (Lipinski definition) is 5. The molecule has 4 rings (SSSR count). The van der Waals surface area contributed by atoms with Gasteiger partial charge in [0.1, 0.15) is 16.6 Å². The number of aromatic nitrogens is 4. The van der Waals surface area contributed by atoms with Gasteiger partial charge in [-0.3, -0.25) is 0 Å². The third kappa shape index (κ3) is 3.27. The molecule has 8 heteroatoms. The molecule has 0 saturated carbocycles. The van der Waals surface area contributed by atoms with Crippen molar-refractivity contribution in [3.8, 4) is 5.88 Å². The molecule has 0 aromatic carbocycles. The first kappa shape index (κ1) is 16.9. The number of H-pyrrole nitrogens is 1. The van der Waals surface area contributed by atoms with Gasteiger partial charge in [-0.25, -0.2) is 19.3 Å². The van der Waals surface area contributed by atoms with Gasteiger partial charge in [-0.1, -0.05) is 11.6 Å². The molecule has 0 spiro atoms. The van der Waals surface area contributed by atoms with Gasteiger partial charge in [0.15, 0.2) is 0 Å². The number of fused-ring (bicyclic) bond motifs is 1. The van der Waals surface area contributed by atoms with Crippen molar-refractivity contribution in [1.29, 1.82) is 0 Å². The third-order valence-corrected chi connectivity index (χ3v) is 5.49. The van der Waals surface area contributed by atoms with Gasteiger partial charge in [0.2, 0.25) is 5.88 Å². The summed E-state index contributed by atoms with van der Waals surface area (Å²) in [5, 5.41) is 2.31. The fourth-order valence-corrected chi connectivity index (χ4v) is 4.18. The SMILES string of the molecule is COc1ncc(F)cc1Cc1nc(Cl)c(Cc2c[nH]c3ncccc23)s1. The van der Waals surface area contributed by atoms with Gasteiger partial charge in [-0.15, -0.1) is 11.3 Å². The molecule has 0 aliphatic rings. The maximum Gasteiger partial charge on any atom is 0.216 e. The number of aromatic amines is 1. The first-order chi connectivity index (χ1) is 12.6. The van der Waals surface area contributed by atoms with Crippen LogP contribution in [0.25, 0.3) is 11.0 Å². The number of methoxy groups -OCH3 is 1. The minimum Gasteiger partial charge on any atom is -0.481 e. The predicted molar refractivity (Wildman–Crippen MR) is 99.6 cm³/mol. The van der Waals surface area contributed by atoms with Crippen LogP contribution in [0.1, 0.15) is 21.0 Å². The molecule has 0 radical (unpaired) electrons. The second kappa shape index (κ2) is 7.01. The van der Waals surface area contributed by atoms with Crippen LogP contribution >= 0.6 is 22.9 Å². The Labute approximate surface area is 157 Å². The molecule has 26 heavy (non-hydrogen) atoms. The Kier molecular flexibility index (Phi) is 4.57. The van der Waals surface area contributed by atoms with Crippen LogP contribution in [0.15, 0.2) is 36.8 Å². The summed E-state index contributed by atoms with van der Waals surface area (Å²) in [5.41, 5.74) is 2.59. The summed E-state index contributed by atoms with van der Waals surface area (Å²) in [6.45, 7) is 0. The van der Waals surface area contributed by atoms with E-state index < -0.39 is 5.82 Å². The van der Waals surface area contributed by atoms with E-state index in [2.05, 4.69) is 19.9 Å². The van der Waals surface area contributed by atoms with E-state index >= 15 is 0 Å². The lowest BCUT2D eigenvalue weighted by Crippen LogP contribution is -1.97. The highest BCUT2D eigenvalue weighted by molar-refractivity contribution is 7.12. The Hall–Kier alpha value is -2.51. The minimum absolute atomic E-state index is 0.391. The van der Waals surface area contributed by atoms with Crippen LogP contribution in [0.2, 0.25) is 5.15 Å². The fraction of sp³-hybridized carbons (Fsp3) is 0.167. The van der Waals surface area contributed by atoms with E-state index in [1.165, 1.54) is 24.5 Å². The molecule has 0 amide bonds. The molecule has 0 saturated heterocycles. The van der Waals surface area contributed by atoms with Gasteiger partial charge in [-0.2, -0.15) is 0 Å². The average molecular weight is 389 g/mol. The summed E-state index contributed by atoms with van der Waals surface area (Å²) in [6, 6.07) is 5.34. The van der Waals surface area contributed by atoms with Crippen molar-refractivity contribution in [2.24, 2.45) is 0 Å². The number of ether oxygens (including phenoxy) is 1. The Morgan fingerprint density at radius 3 is 3.00 bits per heavy atom. The average Bonchev–Trinajstić information content (AvgIpc) is 3.19. The molecule has 5 nitrogen and oxygen atoms in total. The monoisotopic (exact) mass is 388 g/mol. The first-order valence-corrected chi connectivity index (χ1v) is 9.07. The van der Waals surface area contributed by atoms with E-state index in [-0.39, 0.29) is 0 Å². The highest BCUT2D eigenvalue weighted by Crippen LogP contribution is 2.30. The lowest BCUT2D eigenvalue weighted by molar-refractivity contribution is 0.391. The number of hydrogen-bond donors (Lipinski definition) is 1. The first-order valence-electron chi connectivity index (χ1n) is 7.87. The van der Waals surface area contributed by atoms with Crippen LogP contribution in [0, 0.1) is 5.82 Å². The van der Waals surface area contributed by atoms with Gasteiger partial charge < -0.3 is 9.72 Å². The highest BCUT2D eigenvalue weighted by Gasteiger charge is 2.15. The smallest absolute Gasteiger partial charge is 0.216 e. The van der Waals surface area contributed by atoms with Gasteiger partial charge in [0.25, 0.3) is 0 Å². The molecular formula is C18H14ClFN4OS. The summed E-state index contributed by atoms with van der Waals surface area (Å²) in [5.74, 6) is -0.0167. The molecule has 4 heterocycles. The van der Waals surface area contributed by atoms with Crippen molar-refractivity contribution in [2.45, 2.75) is 12.8 Å². The maximum absolute atomic E-state index is 13.5. The number of nitrogens with zero attached hydrogens (tertiary/aromatic N) is 3. The summed E-state index contributed by atoms with van der Waals surface area (Å²) in [7, 11) is 1.51. The molecule has 1 N–H and O–H groups in total. The van der Waals surface area contributed by atoms with Crippen molar-refractivity contribution < 1.29 is 9.13 Å². The molecule has 0 aliphatic heterocycles. The van der Waals surface area contributed by atoms with Crippen LogP contribution in [0.4, 0.5) is 4.39 Å². The van der Waals surface area contributed by atoms with E-state index in [9.17, 15) is 4.39 Å². The van der Waals surface area contributed by atoms with Crippen molar-refractivity contribution in [1.82, 2.24) is 19.9 Å². The number of nitrogens with one attached hydrogen (secondary N) is 1. The van der Waals surface area contributed by atoms with Crippen LogP contribution in [0.3, 0.4) is 0 Å². The fourth-order valence-electron chi connectivity index (χ4n) is 2.84. The van der Waals surface area contributed by atoms with E-state index in [1.54, 1.807) is 6.20 Å². The summed E-state index contributed by atoms with van der Waals surface area (Å²) >= 11 is 7.84. The van der Waals surface area contributed by atoms with Crippen LogP contribution in [-0.4, -0.2) is 27.0 Å². The molecule has 4 aromatic rings. The maximum atomic E-state index is 13.5. The second-order valence-corrected chi connectivity index (χ2v) is 7.24. The molecule has 0 fully saturated rings. The second-order valence-electron chi connectivity index (χ2n) is 5.71. The van der Waals surface area contributed by atoms with Crippen LogP contribution < -0.4 is 4.74 Å². The molecule has 0 aliphatic carbocycles. The molecule has 0 atom stereocenters. The Balaban J connectivity index is 1.61. The van der Waals surface area contributed by atoms with Crippen molar-refractivity contribution >= 4 is 34.0 Å². The zero-order valence-electron chi connectivity index (χ0n) is 13.8. The normalized spacial score (nSPS) is 11.2. The lowest BCUT2D eigenvalue weighted by atomic mass is 10.1. The largest absolute Gasteiger partial charge is 0.481 e. The number of halogens is 2. The van der Waals surface area contributed by atoms with Crippen molar-refractivity contribution in [2.75, 3.05) is 7.11 Å². The zero-order chi connectivity index (χ0) is 18.1. The Bertz CT molecular complexity index is 1080. The summed E-state index contributed by atoms with van der Waals surface area (Å²) < 4.78 is 18.7.